The number of halogens is 5. The Morgan fingerprint density at radius 3 is 1.93 bits per heavy atom. The summed E-state index contributed by atoms with van der Waals surface area (Å²) in [5, 5.41) is 0.346. The van der Waals surface area contributed by atoms with Gasteiger partial charge in [0.1, 0.15) is 0 Å². The van der Waals surface area contributed by atoms with Crippen molar-refractivity contribution < 1.29 is 0 Å². The maximum absolute atomic E-state index is 5.94. The molecule has 0 unspecified atom stereocenters. The third-order valence-electron chi connectivity index (χ3n) is 1.36. The fraction of sp³-hybridized carbons (Fsp3) is 0. The average Bonchev–Trinajstić information content (AvgIpc) is 2.01. The summed E-state index contributed by atoms with van der Waals surface area (Å²) in [6.45, 7) is 0. The molecule has 0 saturated carbocycles. The van der Waals surface area contributed by atoms with Crippen molar-refractivity contribution in [2.45, 2.75) is 0 Å². The second kappa shape index (κ2) is 4.37. The Morgan fingerprint density at radius 1 is 1.00 bits per heavy atom. The Hall–Kier alpha value is 0.840. The SMILES string of the molecule is ClC(=CP(Cl)(Cl)(Cl)Cl)c1ccccc1. The van der Waals surface area contributed by atoms with Crippen molar-refractivity contribution in [1.29, 1.82) is 0 Å². The predicted molar refractivity (Wildman–Crippen MR) is 70.6 cm³/mol. The molecule has 1 aromatic carbocycles. The topological polar surface area (TPSA) is 0 Å². The third-order valence-corrected chi connectivity index (χ3v) is 3.66. The maximum atomic E-state index is 5.94. The van der Waals surface area contributed by atoms with E-state index in [9.17, 15) is 0 Å². The molecule has 0 saturated heterocycles. The summed E-state index contributed by atoms with van der Waals surface area (Å²) in [5.74, 6) is 1.29. The monoisotopic (exact) mass is 308 g/mol. The van der Waals surface area contributed by atoms with Crippen molar-refractivity contribution >= 4 is 65.6 Å². The molecule has 6 heteroatoms. The summed E-state index contributed by atoms with van der Waals surface area (Å²) in [6, 6.07) is 9.16. The van der Waals surface area contributed by atoms with E-state index in [1.54, 1.807) is 0 Å². The van der Waals surface area contributed by atoms with Gasteiger partial charge < -0.3 is 0 Å². The van der Waals surface area contributed by atoms with Gasteiger partial charge in [0.05, 0.1) is 0 Å². The second-order valence-corrected chi connectivity index (χ2v) is 16.4. The van der Waals surface area contributed by atoms with Crippen LogP contribution in [0.5, 0.6) is 0 Å². The van der Waals surface area contributed by atoms with Crippen molar-refractivity contribution in [1.82, 2.24) is 0 Å². The van der Waals surface area contributed by atoms with Gasteiger partial charge in [0.15, 0.2) is 0 Å². The van der Waals surface area contributed by atoms with E-state index in [-0.39, 0.29) is 0 Å². The van der Waals surface area contributed by atoms with Crippen LogP contribution in [0.3, 0.4) is 0 Å². The first-order chi connectivity index (χ1) is 6.24. The molecule has 0 aliphatic carbocycles. The zero-order chi connectivity index (χ0) is 10.8. The Morgan fingerprint density at radius 2 is 1.50 bits per heavy atom. The van der Waals surface area contributed by atoms with E-state index < -0.39 is 4.01 Å². The van der Waals surface area contributed by atoms with Gasteiger partial charge in [-0.1, -0.05) is 0 Å². The number of hydrogen-bond acceptors (Lipinski definition) is 0. The molecule has 0 fully saturated rings. The molecule has 78 valence electrons. The Balaban J connectivity index is 3.04. The molecule has 0 aromatic heterocycles. The molecule has 1 aromatic rings. The molecule has 1 rings (SSSR count). The first-order valence-electron chi connectivity index (χ1n) is 3.57. The van der Waals surface area contributed by atoms with Crippen LogP contribution in [0.2, 0.25) is 0 Å². The normalized spacial score (nSPS) is 16.1. The molecule has 0 aliphatic heterocycles. The summed E-state index contributed by atoms with van der Waals surface area (Å²) in [4.78, 5) is 0. The fourth-order valence-electron chi connectivity index (χ4n) is 0.843. The van der Waals surface area contributed by atoms with E-state index in [0.29, 0.717) is 5.03 Å². The van der Waals surface area contributed by atoms with Gasteiger partial charge in [-0.05, 0) is 0 Å². The van der Waals surface area contributed by atoms with Gasteiger partial charge in [0.2, 0.25) is 0 Å². The van der Waals surface area contributed by atoms with E-state index in [2.05, 4.69) is 0 Å². The fourth-order valence-corrected chi connectivity index (χ4v) is 3.82. The summed E-state index contributed by atoms with van der Waals surface area (Å²) in [7, 11) is 0. The van der Waals surface area contributed by atoms with Crippen LogP contribution >= 0.6 is 60.6 Å². The van der Waals surface area contributed by atoms with Crippen LogP contribution in [0.25, 0.3) is 5.03 Å². The second-order valence-electron chi connectivity index (χ2n) is 2.62. The average molecular weight is 310 g/mol. The standard InChI is InChI=1S/C8H6Cl5P/c9-8(6-14(10,11,12)13)7-4-2-1-3-5-7/h1-6H. The summed E-state index contributed by atoms with van der Waals surface area (Å²) < 4.78 is -3.77. The van der Waals surface area contributed by atoms with Gasteiger partial charge in [-0.3, -0.25) is 0 Å². The molecule has 14 heavy (non-hydrogen) atoms. The number of rotatable bonds is 2. The van der Waals surface area contributed by atoms with E-state index in [1.807, 2.05) is 30.3 Å². The van der Waals surface area contributed by atoms with Gasteiger partial charge in [-0.25, -0.2) is 0 Å². The van der Waals surface area contributed by atoms with Crippen molar-refractivity contribution in [3.8, 4) is 0 Å². The van der Waals surface area contributed by atoms with Gasteiger partial charge >= 0.3 is 107 Å². The van der Waals surface area contributed by atoms with Crippen molar-refractivity contribution in [2.75, 3.05) is 0 Å². The molecule has 0 spiro atoms. The molecule has 0 nitrogen and oxygen atoms in total. The van der Waals surface area contributed by atoms with E-state index in [0.717, 1.165) is 5.56 Å². The van der Waals surface area contributed by atoms with Crippen LogP contribution < -0.4 is 0 Å². The molecule has 0 N–H and O–H groups in total. The third kappa shape index (κ3) is 5.07. The first kappa shape index (κ1) is 12.9. The van der Waals surface area contributed by atoms with Gasteiger partial charge in [-0.2, -0.15) is 0 Å². The van der Waals surface area contributed by atoms with Crippen LogP contribution in [-0.4, -0.2) is 0 Å². The summed E-state index contributed by atoms with van der Waals surface area (Å²) in [5.41, 5.74) is 0.769. The van der Waals surface area contributed by atoms with Crippen LogP contribution in [0.4, 0.5) is 0 Å². The molecule has 0 bridgehead atoms. The van der Waals surface area contributed by atoms with E-state index in [1.165, 1.54) is 5.82 Å². The molecular formula is C8H6Cl5P. The quantitative estimate of drug-likeness (QED) is 0.555. The predicted octanol–water partition coefficient (Wildman–Crippen LogP) is 6.39. The minimum absolute atomic E-state index is 0.346. The molecular weight excluding hydrogens is 304 g/mol. The van der Waals surface area contributed by atoms with Gasteiger partial charge in [0, 0.05) is 0 Å². The molecule has 0 aliphatic rings. The van der Waals surface area contributed by atoms with E-state index in [4.69, 9.17) is 56.6 Å². The zero-order valence-electron chi connectivity index (χ0n) is 6.80. The Labute approximate surface area is 107 Å². The van der Waals surface area contributed by atoms with Gasteiger partial charge in [-0.15, -0.1) is 0 Å². The molecule has 0 heterocycles. The van der Waals surface area contributed by atoms with Gasteiger partial charge in [0.25, 0.3) is 0 Å². The number of benzene rings is 1. The van der Waals surface area contributed by atoms with Crippen LogP contribution in [0, 0.1) is 0 Å². The molecule has 0 amide bonds. The molecule has 0 atom stereocenters. The minimum atomic E-state index is -3.77. The van der Waals surface area contributed by atoms with E-state index >= 15 is 0 Å². The number of hydrogen-bond donors (Lipinski definition) is 0. The van der Waals surface area contributed by atoms with Crippen LogP contribution in [0.15, 0.2) is 36.1 Å². The van der Waals surface area contributed by atoms with Crippen molar-refractivity contribution in [2.24, 2.45) is 0 Å². The van der Waals surface area contributed by atoms with Crippen LogP contribution in [0.1, 0.15) is 5.56 Å². The van der Waals surface area contributed by atoms with Crippen molar-refractivity contribution in [3.63, 3.8) is 0 Å². The first-order valence-corrected chi connectivity index (χ1v) is 9.88. The zero-order valence-corrected chi connectivity index (χ0v) is 11.5. The molecule has 0 radical (unpaired) electrons. The van der Waals surface area contributed by atoms with Crippen LogP contribution in [-0.2, 0) is 0 Å². The summed E-state index contributed by atoms with van der Waals surface area (Å²) >= 11 is 28.7. The van der Waals surface area contributed by atoms with Crippen molar-refractivity contribution in [3.05, 3.63) is 41.7 Å². The Bertz CT molecular complexity index is 342. The Kier molecular flexibility index (Phi) is 4.03. The summed E-state index contributed by atoms with van der Waals surface area (Å²) in [6.07, 6.45) is 0.